The van der Waals surface area contributed by atoms with Crippen molar-refractivity contribution >= 4 is 28.9 Å². The van der Waals surface area contributed by atoms with E-state index in [9.17, 15) is 4.79 Å². The van der Waals surface area contributed by atoms with Crippen molar-refractivity contribution in [2.75, 3.05) is 7.11 Å². The van der Waals surface area contributed by atoms with Gasteiger partial charge in [0.05, 0.1) is 17.9 Å². The zero-order valence-corrected chi connectivity index (χ0v) is 10.5. The first-order valence-corrected chi connectivity index (χ1v) is 6.02. The molecule has 1 aromatic heterocycles. The molecular formula is C11H13ClO2S. The van der Waals surface area contributed by atoms with Crippen molar-refractivity contribution in [2.24, 2.45) is 11.3 Å². The molecule has 1 aliphatic carbocycles. The molecular weight excluding hydrogens is 232 g/mol. The number of carbonyl (C=O) groups is 1. The summed E-state index contributed by atoms with van der Waals surface area (Å²) in [7, 11) is 1.41. The maximum atomic E-state index is 11.6. The van der Waals surface area contributed by atoms with E-state index in [1.807, 2.05) is 31.4 Å². The number of thiophene rings is 1. The summed E-state index contributed by atoms with van der Waals surface area (Å²) in [6.45, 7) is 4.00. The maximum absolute atomic E-state index is 11.6. The molecule has 0 radical (unpaired) electrons. The molecule has 0 amide bonds. The van der Waals surface area contributed by atoms with Gasteiger partial charge in [-0.05, 0) is 11.4 Å². The first kappa shape index (κ1) is 11.0. The highest BCUT2D eigenvalue weighted by molar-refractivity contribution is 7.10. The fourth-order valence-electron chi connectivity index (χ4n) is 2.23. The summed E-state index contributed by atoms with van der Waals surface area (Å²) in [6.07, 6.45) is 0. The molecule has 15 heavy (non-hydrogen) atoms. The molecule has 2 nitrogen and oxygen atoms in total. The van der Waals surface area contributed by atoms with Crippen LogP contribution in [-0.2, 0) is 14.4 Å². The van der Waals surface area contributed by atoms with Gasteiger partial charge in [-0.25, -0.2) is 0 Å². The lowest BCUT2D eigenvalue weighted by Gasteiger charge is -2.08. The van der Waals surface area contributed by atoms with Gasteiger partial charge in [0.2, 0.25) is 0 Å². The molecule has 0 spiro atoms. The Morgan fingerprint density at radius 3 is 2.73 bits per heavy atom. The third-order valence-electron chi connectivity index (χ3n) is 3.29. The monoisotopic (exact) mass is 244 g/mol. The zero-order chi connectivity index (χ0) is 11.3. The Hall–Kier alpha value is -0.540. The number of carbonyl (C=O) groups excluding carboxylic acids is 1. The van der Waals surface area contributed by atoms with Crippen molar-refractivity contribution in [1.82, 2.24) is 0 Å². The Balaban J connectivity index is 2.36. The van der Waals surface area contributed by atoms with Gasteiger partial charge in [0.1, 0.15) is 0 Å². The van der Waals surface area contributed by atoms with Crippen molar-refractivity contribution in [1.29, 1.82) is 0 Å². The van der Waals surface area contributed by atoms with Crippen LogP contribution in [0.25, 0.3) is 0 Å². The molecule has 2 rings (SSSR count). The Morgan fingerprint density at radius 1 is 1.60 bits per heavy atom. The van der Waals surface area contributed by atoms with Crippen LogP contribution in [0.15, 0.2) is 17.5 Å². The van der Waals surface area contributed by atoms with Gasteiger partial charge in [-0.1, -0.05) is 19.9 Å². The second-order valence-corrected chi connectivity index (χ2v) is 5.91. The highest BCUT2D eigenvalue weighted by Gasteiger charge is 2.75. The van der Waals surface area contributed by atoms with Crippen molar-refractivity contribution < 1.29 is 9.53 Å². The Bertz CT molecular complexity index is 385. The number of alkyl halides is 1. The lowest BCUT2D eigenvalue weighted by atomic mass is 10.1. The smallest absolute Gasteiger partial charge is 0.311 e. The van der Waals surface area contributed by atoms with Crippen LogP contribution in [0.2, 0.25) is 0 Å². The van der Waals surface area contributed by atoms with Crippen LogP contribution in [0.3, 0.4) is 0 Å². The van der Waals surface area contributed by atoms with Crippen LogP contribution in [0.1, 0.15) is 18.7 Å². The molecule has 2 atom stereocenters. The lowest BCUT2D eigenvalue weighted by molar-refractivity contribution is -0.143. The van der Waals surface area contributed by atoms with Crippen molar-refractivity contribution in [2.45, 2.75) is 18.7 Å². The van der Waals surface area contributed by atoms with Gasteiger partial charge < -0.3 is 4.74 Å². The number of methoxy groups -OCH3 is 1. The highest BCUT2D eigenvalue weighted by atomic mass is 35.5. The average Bonchev–Trinajstić information content (AvgIpc) is 2.65. The molecule has 0 saturated heterocycles. The van der Waals surface area contributed by atoms with Gasteiger partial charge in [0.15, 0.2) is 0 Å². The molecule has 2 unspecified atom stereocenters. The molecule has 0 aliphatic heterocycles. The molecule has 1 saturated carbocycles. The molecule has 0 aromatic carbocycles. The number of hydrogen-bond donors (Lipinski definition) is 0. The van der Waals surface area contributed by atoms with Gasteiger partial charge >= 0.3 is 5.97 Å². The van der Waals surface area contributed by atoms with E-state index >= 15 is 0 Å². The van der Waals surface area contributed by atoms with Crippen LogP contribution >= 0.6 is 22.9 Å². The standard InChI is InChI=1S/C11H13ClO2S/c1-10(2)8(9(13)14-3)11(10,12)7-5-4-6-15-7/h4-6,8H,1-3H3. The second-order valence-electron chi connectivity index (χ2n) is 4.37. The molecule has 1 aliphatic rings. The van der Waals surface area contributed by atoms with E-state index in [2.05, 4.69) is 0 Å². The summed E-state index contributed by atoms with van der Waals surface area (Å²) in [5.41, 5.74) is -0.230. The van der Waals surface area contributed by atoms with Gasteiger partial charge in [-0.15, -0.1) is 22.9 Å². The fraction of sp³-hybridized carbons (Fsp3) is 0.545. The quantitative estimate of drug-likeness (QED) is 0.591. The van der Waals surface area contributed by atoms with Gasteiger partial charge in [0.25, 0.3) is 0 Å². The van der Waals surface area contributed by atoms with E-state index in [-0.39, 0.29) is 17.3 Å². The van der Waals surface area contributed by atoms with E-state index in [1.165, 1.54) is 7.11 Å². The van der Waals surface area contributed by atoms with Crippen LogP contribution in [0.5, 0.6) is 0 Å². The molecule has 1 aromatic rings. The topological polar surface area (TPSA) is 26.3 Å². The van der Waals surface area contributed by atoms with Crippen LogP contribution in [0.4, 0.5) is 0 Å². The number of esters is 1. The predicted octanol–water partition coefficient (Wildman–Crippen LogP) is 3.01. The molecule has 0 N–H and O–H groups in total. The Kier molecular flexibility index (Phi) is 2.36. The summed E-state index contributed by atoms with van der Waals surface area (Å²) in [5.74, 6) is -0.460. The number of hydrogen-bond acceptors (Lipinski definition) is 3. The number of rotatable bonds is 2. The minimum Gasteiger partial charge on any atom is -0.469 e. The maximum Gasteiger partial charge on any atom is 0.311 e. The molecule has 4 heteroatoms. The number of halogens is 1. The Morgan fingerprint density at radius 2 is 2.27 bits per heavy atom. The highest BCUT2D eigenvalue weighted by Crippen LogP contribution is 2.73. The van der Waals surface area contributed by atoms with Crippen molar-refractivity contribution in [3.63, 3.8) is 0 Å². The van der Waals surface area contributed by atoms with Crippen LogP contribution in [-0.4, -0.2) is 13.1 Å². The minimum atomic E-state index is -0.575. The largest absolute Gasteiger partial charge is 0.469 e. The normalized spacial score (nSPS) is 32.4. The molecule has 82 valence electrons. The molecule has 1 fully saturated rings. The summed E-state index contributed by atoms with van der Waals surface area (Å²) in [6, 6.07) is 3.93. The summed E-state index contributed by atoms with van der Waals surface area (Å²) in [5, 5.41) is 1.97. The predicted molar refractivity (Wildman–Crippen MR) is 61.1 cm³/mol. The minimum absolute atomic E-state index is 0.219. The van der Waals surface area contributed by atoms with Crippen LogP contribution < -0.4 is 0 Å². The summed E-state index contributed by atoms with van der Waals surface area (Å²) < 4.78 is 4.78. The summed E-state index contributed by atoms with van der Waals surface area (Å²) >= 11 is 8.14. The fourth-order valence-corrected chi connectivity index (χ4v) is 3.86. The van der Waals surface area contributed by atoms with E-state index < -0.39 is 4.87 Å². The first-order chi connectivity index (χ1) is 6.96. The third-order valence-corrected chi connectivity index (χ3v) is 5.32. The van der Waals surface area contributed by atoms with Gasteiger partial charge in [-0.2, -0.15) is 0 Å². The van der Waals surface area contributed by atoms with E-state index in [0.717, 1.165) is 4.88 Å². The van der Waals surface area contributed by atoms with Crippen molar-refractivity contribution in [3.8, 4) is 0 Å². The first-order valence-electron chi connectivity index (χ1n) is 4.77. The second kappa shape index (κ2) is 3.22. The van der Waals surface area contributed by atoms with E-state index in [1.54, 1.807) is 11.3 Å². The third kappa shape index (κ3) is 1.26. The van der Waals surface area contributed by atoms with Gasteiger partial charge in [0, 0.05) is 10.3 Å². The average molecular weight is 245 g/mol. The van der Waals surface area contributed by atoms with Crippen LogP contribution in [0, 0.1) is 11.3 Å². The Labute approximate surface area is 98.2 Å². The molecule has 0 bridgehead atoms. The summed E-state index contributed by atoms with van der Waals surface area (Å²) in [4.78, 5) is 12.1. The van der Waals surface area contributed by atoms with E-state index in [4.69, 9.17) is 16.3 Å². The molecule has 1 heterocycles. The number of ether oxygens (including phenoxy) is 1. The zero-order valence-electron chi connectivity index (χ0n) is 8.91. The SMILES string of the molecule is COC(=O)C1C(C)(C)C1(Cl)c1cccs1. The van der Waals surface area contributed by atoms with Crippen molar-refractivity contribution in [3.05, 3.63) is 22.4 Å². The van der Waals surface area contributed by atoms with E-state index in [0.29, 0.717) is 0 Å². The lowest BCUT2D eigenvalue weighted by Crippen LogP contribution is -2.09. The van der Waals surface area contributed by atoms with Gasteiger partial charge in [-0.3, -0.25) is 4.79 Å².